The molecule has 8 nitrogen and oxygen atoms in total. The van der Waals surface area contributed by atoms with E-state index in [1.807, 2.05) is 0 Å². The van der Waals surface area contributed by atoms with Crippen molar-refractivity contribution in [3.63, 3.8) is 0 Å². The second kappa shape index (κ2) is 9.54. The molecule has 0 saturated carbocycles. The molecule has 0 aliphatic rings. The van der Waals surface area contributed by atoms with Crippen LogP contribution < -0.4 is 15.8 Å². The number of carbonyl (C=O) groups excluding carboxylic acids is 3. The van der Waals surface area contributed by atoms with Crippen molar-refractivity contribution in [2.45, 2.75) is 0 Å². The number of esters is 1. The summed E-state index contributed by atoms with van der Waals surface area (Å²) in [5.41, 5.74) is 6.20. The van der Waals surface area contributed by atoms with Crippen molar-refractivity contribution in [1.29, 1.82) is 5.26 Å². The lowest BCUT2D eigenvalue weighted by atomic mass is 10.1. The number of benzene rings is 2. The smallest absolute Gasteiger partial charge is 0.349 e. The quantitative estimate of drug-likeness (QED) is 0.429. The number of amides is 2. The van der Waals surface area contributed by atoms with E-state index in [1.165, 1.54) is 37.5 Å². The molecule has 142 valence electrons. The molecule has 0 bridgehead atoms. The summed E-state index contributed by atoms with van der Waals surface area (Å²) in [4.78, 5) is 34.9. The van der Waals surface area contributed by atoms with Crippen LogP contribution in [0.4, 0.5) is 5.69 Å². The molecule has 3 N–H and O–H groups in total. The Morgan fingerprint density at radius 3 is 2.29 bits per heavy atom. The van der Waals surface area contributed by atoms with Gasteiger partial charge in [-0.05, 0) is 48.0 Å². The molecule has 2 rings (SSSR count). The fraction of sp³-hybridized carbons (Fsp3) is 0.100. The van der Waals surface area contributed by atoms with Gasteiger partial charge in [0.05, 0.1) is 7.11 Å². The number of ether oxygens (including phenoxy) is 2. The van der Waals surface area contributed by atoms with Crippen LogP contribution in [0.25, 0.3) is 6.08 Å². The highest BCUT2D eigenvalue weighted by Gasteiger charge is 2.13. The summed E-state index contributed by atoms with van der Waals surface area (Å²) in [6.07, 6.45) is 1.35. The van der Waals surface area contributed by atoms with Gasteiger partial charge in [-0.1, -0.05) is 12.1 Å². The highest BCUT2D eigenvalue weighted by molar-refractivity contribution is 6.00. The first-order valence-electron chi connectivity index (χ1n) is 8.05. The molecule has 8 heteroatoms. The van der Waals surface area contributed by atoms with Gasteiger partial charge in [0.15, 0.2) is 6.61 Å². The standard InChI is InChI=1S/C20H17N3O5/c1-27-17-8-2-13(3-9-17)10-15(11-21)20(26)28-12-18(24)23-16-6-4-14(5-7-16)19(22)25/h2-10H,12H2,1H3,(H2,22,25)(H,23,24)/b15-10+. The Morgan fingerprint density at radius 2 is 1.75 bits per heavy atom. The minimum Gasteiger partial charge on any atom is -0.497 e. The normalized spacial score (nSPS) is 10.5. The summed E-state index contributed by atoms with van der Waals surface area (Å²) in [7, 11) is 1.53. The highest BCUT2D eigenvalue weighted by atomic mass is 16.5. The summed E-state index contributed by atoms with van der Waals surface area (Å²) < 4.78 is 9.90. The van der Waals surface area contributed by atoms with Crippen molar-refractivity contribution < 1.29 is 23.9 Å². The second-order valence-electron chi connectivity index (χ2n) is 5.51. The third-order valence-electron chi connectivity index (χ3n) is 3.55. The number of rotatable bonds is 7. The molecule has 0 saturated heterocycles. The van der Waals surface area contributed by atoms with E-state index in [4.69, 9.17) is 20.5 Å². The van der Waals surface area contributed by atoms with Crippen LogP contribution in [0, 0.1) is 11.3 Å². The Bertz CT molecular complexity index is 941. The molecule has 0 fully saturated rings. The van der Waals surface area contributed by atoms with Crippen molar-refractivity contribution in [3.05, 3.63) is 65.2 Å². The Labute approximate surface area is 161 Å². The van der Waals surface area contributed by atoms with Gasteiger partial charge in [0.1, 0.15) is 17.4 Å². The van der Waals surface area contributed by atoms with Crippen molar-refractivity contribution >= 4 is 29.5 Å². The summed E-state index contributed by atoms with van der Waals surface area (Å²) in [6.45, 7) is -0.571. The van der Waals surface area contributed by atoms with Crippen LogP contribution in [0.3, 0.4) is 0 Å². The fourth-order valence-electron chi connectivity index (χ4n) is 2.13. The Hall–Kier alpha value is -4.12. The molecule has 0 unspecified atom stereocenters. The number of nitrogens with two attached hydrogens (primary N) is 1. The van der Waals surface area contributed by atoms with Gasteiger partial charge in [0.2, 0.25) is 5.91 Å². The largest absolute Gasteiger partial charge is 0.497 e. The minimum atomic E-state index is -0.919. The lowest BCUT2D eigenvalue weighted by Crippen LogP contribution is -2.21. The van der Waals surface area contributed by atoms with Crippen molar-refractivity contribution in [2.24, 2.45) is 5.73 Å². The number of nitrogens with zero attached hydrogens (tertiary/aromatic N) is 1. The number of nitriles is 1. The van der Waals surface area contributed by atoms with Gasteiger partial charge in [0, 0.05) is 11.3 Å². The molecule has 0 spiro atoms. The van der Waals surface area contributed by atoms with Crippen LogP contribution in [0.2, 0.25) is 0 Å². The molecule has 2 aromatic rings. The summed E-state index contributed by atoms with van der Waals surface area (Å²) >= 11 is 0. The number of primary amides is 1. The fourth-order valence-corrected chi connectivity index (χ4v) is 2.13. The van der Waals surface area contributed by atoms with E-state index in [-0.39, 0.29) is 5.57 Å². The number of anilines is 1. The Morgan fingerprint density at radius 1 is 1.11 bits per heavy atom. The molecule has 2 amide bonds. The molecule has 0 aliphatic carbocycles. The maximum Gasteiger partial charge on any atom is 0.349 e. The van der Waals surface area contributed by atoms with Crippen LogP contribution >= 0.6 is 0 Å². The zero-order chi connectivity index (χ0) is 20.5. The van der Waals surface area contributed by atoms with Crippen LogP contribution in [-0.2, 0) is 14.3 Å². The molecule has 0 radical (unpaired) electrons. The van der Waals surface area contributed by atoms with E-state index < -0.39 is 24.4 Å². The molecule has 0 atom stereocenters. The van der Waals surface area contributed by atoms with E-state index in [0.717, 1.165) is 0 Å². The maximum atomic E-state index is 12.0. The molecule has 2 aromatic carbocycles. The molecular formula is C20H17N3O5. The summed E-state index contributed by atoms with van der Waals surface area (Å²) in [5, 5.41) is 11.6. The lowest BCUT2D eigenvalue weighted by Gasteiger charge is -2.07. The first kappa shape index (κ1) is 20.2. The summed E-state index contributed by atoms with van der Waals surface area (Å²) in [5.74, 6) is -1.46. The van der Waals surface area contributed by atoms with Crippen LogP contribution in [0.5, 0.6) is 5.75 Å². The van der Waals surface area contributed by atoms with Gasteiger partial charge in [0.25, 0.3) is 5.91 Å². The van der Waals surface area contributed by atoms with Crippen LogP contribution in [0.15, 0.2) is 54.1 Å². The zero-order valence-electron chi connectivity index (χ0n) is 15.0. The van der Waals surface area contributed by atoms with E-state index in [9.17, 15) is 14.4 Å². The van der Waals surface area contributed by atoms with E-state index in [2.05, 4.69) is 5.32 Å². The Balaban J connectivity index is 1.93. The summed E-state index contributed by atoms with van der Waals surface area (Å²) in [6, 6.07) is 14.3. The topological polar surface area (TPSA) is 132 Å². The first-order valence-corrected chi connectivity index (χ1v) is 8.05. The molecule has 0 aromatic heterocycles. The Kier molecular flexibility index (Phi) is 6.88. The zero-order valence-corrected chi connectivity index (χ0v) is 15.0. The first-order chi connectivity index (χ1) is 13.4. The molecule has 28 heavy (non-hydrogen) atoms. The second-order valence-corrected chi connectivity index (χ2v) is 5.51. The number of nitrogens with one attached hydrogen (secondary N) is 1. The SMILES string of the molecule is COc1ccc(/C=C(\C#N)C(=O)OCC(=O)Nc2ccc(C(N)=O)cc2)cc1. The maximum absolute atomic E-state index is 12.0. The van der Waals surface area contributed by atoms with Crippen molar-refractivity contribution in [1.82, 2.24) is 0 Å². The minimum absolute atomic E-state index is 0.247. The van der Waals surface area contributed by atoms with Gasteiger partial charge >= 0.3 is 5.97 Å². The predicted octanol–water partition coefficient (Wildman–Crippen LogP) is 1.88. The van der Waals surface area contributed by atoms with Crippen LogP contribution in [0.1, 0.15) is 15.9 Å². The number of methoxy groups -OCH3 is 1. The lowest BCUT2D eigenvalue weighted by molar-refractivity contribution is -0.142. The monoisotopic (exact) mass is 379 g/mol. The van der Waals surface area contributed by atoms with Crippen LogP contribution in [-0.4, -0.2) is 31.5 Å². The van der Waals surface area contributed by atoms with Gasteiger partial charge in [-0.2, -0.15) is 5.26 Å². The number of hydrogen-bond donors (Lipinski definition) is 2. The van der Waals surface area contributed by atoms with Gasteiger partial charge in [-0.25, -0.2) is 4.79 Å². The molecular weight excluding hydrogens is 362 g/mol. The van der Waals surface area contributed by atoms with Gasteiger partial charge < -0.3 is 20.5 Å². The average Bonchev–Trinajstić information content (AvgIpc) is 2.71. The van der Waals surface area contributed by atoms with Crippen molar-refractivity contribution in [3.8, 4) is 11.8 Å². The molecule has 0 aliphatic heterocycles. The molecule has 0 heterocycles. The highest BCUT2D eigenvalue weighted by Crippen LogP contribution is 2.14. The van der Waals surface area contributed by atoms with E-state index in [0.29, 0.717) is 22.6 Å². The van der Waals surface area contributed by atoms with E-state index in [1.54, 1.807) is 30.3 Å². The average molecular weight is 379 g/mol. The van der Waals surface area contributed by atoms with Gasteiger partial charge in [-0.3, -0.25) is 9.59 Å². The van der Waals surface area contributed by atoms with E-state index >= 15 is 0 Å². The van der Waals surface area contributed by atoms with Gasteiger partial charge in [-0.15, -0.1) is 0 Å². The van der Waals surface area contributed by atoms with Crippen molar-refractivity contribution in [2.75, 3.05) is 19.0 Å². The predicted molar refractivity (Wildman–Crippen MR) is 101 cm³/mol. The number of hydrogen-bond acceptors (Lipinski definition) is 6. The third-order valence-corrected chi connectivity index (χ3v) is 3.55. The third kappa shape index (κ3) is 5.71. The number of carbonyl (C=O) groups is 3.